The molecule has 5 atom stereocenters. The lowest BCUT2D eigenvalue weighted by molar-refractivity contribution is -0.0133. The zero-order valence-corrected chi connectivity index (χ0v) is 20.1. The number of imidazole rings is 1. The minimum atomic E-state index is -0.405. The van der Waals surface area contributed by atoms with Gasteiger partial charge in [0.05, 0.1) is 24.0 Å². The minimum absolute atomic E-state index is 0.108. The Morgan fingerprint density at radius 3 is 2.76 bits per heavy atom. The highest BCUT2D eigenvalue weighted by Crippen LogP contribution is 2.49. The first kappa shape index (κ1) is 22.5. The van der Waals surface area contributed by atoms with E-state index < -0.39 is 6.04 Å². The Morgan fingerprint density at radius 1 is 1.32 bits per heavy atom. The van der Waals surface area contributed by atoms with Gasteiger partial charge in [-0.05, 0) is 55.6 Å². The first-order valence-corrected chi connectivity index (χ1v) is 12.1. The standard InChI is InChI=1S/C25H31N5O4/c1-13(2)18-6-5-14(3)7-21(18)34-25(33)28-12-17-9-20(28)22-23(31)30(24(32)29(17)22)16-8-15(4)19(10-26)27-11-16/h8,11,13-14,17-18,20-21,31H,5-7,9,12H2,1-4H3/t14-,17-,18+,20-,21-/m0/s1. The van der Waals surface area contributed by atoms with Crippen LogP contribution in [-0.2, 0) is 4.74 Å². The van der Waals surface area contributed by atoms with E-state index in [1.165, 1.54) is 10.8 Å². The topological polar surface area (TPSA) is 113 Å². The number of likely N-dealkylation sites (tertiary alicyclic amines) is 1. The van der Waals surface area contributed by atoms with Gasteiger partial charge in [-0.1, -0.05) is 27.2 Å². The molecule has 2 aromatic heterocycles. The zero-order chi connectivity index (χ0) is 24.3. The lowest BCUT2D eigenvalue weighted by atomic mass is 9.75. The Kier molecular flexibility index (Phi) is 5.42. The van der Waals surface area contributed by atoms with Crippen molar-refractivity contribution in [2.24, 2.45) is 17.8 Å². The maximum Gasteiger partial charge on any atom is 0.410 e. The Morgan fingerprint density at radius 2 is 2.09 bits per heavy atom. The molecule has 0 spiro atoms. The summed E-state index contributed by atoms with van der Waals surface area (Å²) >= 11 is 0. The van der Waals surface area contributed by atoms with Gasteiger partial charge in [0.25, 0.3) is 0 Å². The van der Waals surface area contributed by atoms with Gasteiger partial charge in [-0.25, -0.2) is 19.1 Å². The number of fused-ring (bicyclic) bond motifs is 5. The molecule has 1 amide bonds. The molecule has 3 aliphatic rings. The second kappa shape index (κ2) is 8.19. The summed E-state index contributed by atoms with van der Waals surface area (Å²) in [5.74, 6) is 1.12. The van der Waals surface area contributed by atoms with E-state index in [1.54, 1.807) is 22.5 Å². The van der Waals surface area contributed by atoms with Crippen LogP contribution in [0.3, 0.4) is 0 Å². The molecule has 5 rings (SSSR count). The Bertz CT molecular complexity index is 1240. The van der Waals surface area contributed by atoms with Crippen molar-refractivity contribution in [3.8, 4) is 17.6 Å². The number of amides is 1. The molecule has 2 aromatic rings. The predicted octanol–water partition coefficient (Wildman–Crippen LogP) is 3.82. The first-order chi connectivity index (χ1) is 16.2. The number of nitrogens with zero attached hydrogens (tertiary/aromatic N) is 5. The summed E-state index contributed by atoms with van der Waals surface area (Å²) in [6.45, 7) is 8.68. The van der Waals surface area contributed by atoms with Crippen molar-refractivity contribution in [2.75, 3.05) is 6.54 Å². The number of aromatic hydroxyl groups is 1. The number of aryl methyl sites for hydroxylation is 1. The van der Waals surface area contributed by atoms with E-state index in [4.69, 9.17) is 10.00 Å². The average molecular weight is 466 g/mol. The van der Waals surface area contributed by atoms with Gasteiger partial charge in [0.15, 0.2) is 0 Å². The highest BCUT2D eigenvalue weighted by atomic mass is 16.6. The van der Waals surface area contributed by atoms with Crippen LogP contribution in [0.15, 0.2) is 17.1 Å². The van der Waals surface area contributed by atoms with Crippen molar-refractivity contribution < 1.29 is 14.6 Å². The molecular formula is C25H31N5O4. The van der Waals surface area contributed by atoms with E-state index in [9.17, 15) is 14.7 Å². The van der Waals surface area contributed by atoms with Gasteiger partial charge in [0, 0.05) is 6.54 Å². The summed E-state index contributed by atoms with van der Waals surface area (Å²) in [5, 5.41) is 20.2. The van der Waals surface area contributed by atoms with Crippen LogP contribution < -0.4 is 5.69 Å². The monoisotopic (exact) mass is 465 g/mol. The normalized spacial score (nSPS) is 27.6. The van der Waals surface area contributed by atoms with E-state index in [-0.39, 0.29) is 35.5 Å². The molecule has 9 heteroatoms. The highest BCUT2D eigenvalue weighted by molar-refractivity contribution is 5.70. The summed E-state index contributed by atoms with van der Waals surface area (Å²) in [5.41, 5.74) is 1.36. The van der Waals surface area contributed by atoms with Crippen LogP contribution in [-0.4, -0.2) is 42.9 Å². The number of hydrogen-bond donors (Lipinski definition) is 1. The number of carbonyl (C=O) groups excluding carboxylic acids is 1. The molecule has 1 N–H and O–H groups in total. The van der Waals surface area contributed by atoms with Crippen LogP contribution in [0, 0.1) is 36.0 Å². The molecule has 2 bridgehead atoms. The molecule has 1 aliphatic carbocycles. The fourth-order valence-corrected chi connectivity index (χ4v) is 6.13. The molecule has 4 heterocycles. The number of carbonyl (C=O) groups is 1. The molecule has 1 saturated heterocycles. The molecule has 34 heavy (non-hydrogen) atoms. The predicted molar refractivity (Wildman–Crippen MR) is 124 cm³/mol. The maximum absolute atomic E-state index is 13.3. The van der Waals surface area contributed by atoms with Crippen molar-refractivity contribution in [2.45, 2.75) is 71.6 Å². The maximum atomic E-state index is 13.3. The molecule has 0 unspecified atom stereocenters. The third kappa shape index (κ3) is 3.39. The average Bonchev–Trinajstić information content (AvgIpc) is 3.45. The Hall–Kier alpha value is -3.28. The molecule has 0 radical (unpaired) electrons. The summed E-state index contributed by atoms with van der Waals surface area (Å²) in [6.07, 6.45) is 4.61. The quantitative estimate of drug-likeness (QED) is 0.737. The van der Waals surface area contributed by atoms with Crippen molar-refractivity contribution in [3.63, 3.8) is 0 Å². The van der Waals surface area contributed by atoms with E-state index in [2.05, 4.69) is 25.8 Å². The SMILES string of the molecule is Cc1cc(-n2c(O)c3n(c2=O)[C@H]2C[C@@H]3N(C(=O)O[C@H]3C[C@@H](C)CC[C@@H]3C(C)C)C2)cnc1C#N. The van der Waals surface area contributed by atoms with Crippen molar-refractivity contribution in [3.05, 3.63) is 39.7 Å². The van der Waals surface area contributed by atoms with Crippen molar-refractivity contribution in [1.82, 2.24) is 19.0 Å². The van der Waals surface area contributed by atoms with Crippen LogP contribution in [0.25, 0.3) is 5.69 Å². The van der Waals surface area contributed by atoms with Gasteiger partial charge in [0.2, 0.25) is 5.88 Å². The number of pyridine rings is 1. The van der Waals surface area contributed by atoms with E-state index in [0.717, 1.165) is 19.3 Å². The molecule has 180 valence electrons. The number of aromatic nitrogens is 3. The molecule has 0 aromatic carbocycles. The van der Waals surface area contributed by atoms with E-state index in [1.807, 2.05) is 6.07 Å². The third-order valence-corrected chi connectivity index (χ3v) is 7.93. The smallest absolute Gasteiger partial charge is 0.410 e. The second-order valence-electron chi connectivity index (χ2n) is 10.5. The number of rotatable bonds is 3. The van der Waals surface area contributed by atoms with Gasteiger partial charge >= 0.3 is 11.8 Å². The van der Waals surface area contributed by atoms with E-state index in [0.29, 0.717) is 47.7 Å². The van der Waals surface area contributed by atoms with Crippen LogP contribution >= 0.6 is 0 Å². The summed E-state index contributed by atoms with van der Waals surface area (Å²) in [4.78, 5) is 32.3. The Labute approximate surface area is 198 Å². The zero-order valence-electron chi connectivity index (χ0n) is 20.1. The summed E-state index contributed by atoms with van der Waals surface area (Å²) in [7, 11) is 0. The highest BCUT2D eigenvalue weighted by Gasteiger charge is 2.50. The van der Waals surface area contributed by atoms with E-state index >= 15 is 0 Å². The first-order valence-electron chi connectivity index (χ1n) is 12.1. The fraction of sp³-hybridized carbons (Fsp3) is 0.600. The Balaban J connectivity index is 1.42. The van der Waals surface area contributed by atoms with Gasteiger partial charge in [-0.3, -0.25) is 9.47 Å². The molecule has 2 aliphatic heterocycles. The van der Waals surface area contributed by atoms with Crippen LogP contribution in [0.2, 0.25) is 0 Å². The number of hydrogen-bond acceptors (Lipinski definition) is 6. The molecular weight excluding hydrogens is 434 g/mol. The van der Waals surface area contributed by atoms with Gasteiger partial charge in [-0.2, -0.15) is 5.26 Å². The molecule has 1 saturated carbocycles. The van der Waals surface area contributed by atoms with Gasteiger partial charge in [0.1, 0.15) is 23.6 Å². The van der Waals surface area contributed by atoms with Crippen LogP contribution in [0.1, 0.15) is 75.5 Å². The lowest BCUT2D eigenvalue weighted by Gasteiger charge is -2.38. The number of nitriles is 1. The van der Waals surface area contributed by atoms with Gasteiger partial charge in [-0.15, -0.1) is 0 Å². The van der Waals surface area contributed by atoms with Crippen LogP contribution in [0.4, 0.5) is 4.79 Å². The van der Waals surface area contributed by atoms with Crippen molar-refractivity contribution in [1.29, 1.82) is 5.26 Å². The second-order valence-corrected chi connectivity index (χ2v) is 10.5. The minimum Gasteiger partial charge on any atom is -0.493 e. The molecule has 2 fully saturated rings. The fourth-order valence-electron chi connectivity index (χ4n) is 6.13. The summed E-state index contributed by atoms with van der Waals surface area (Å²) < 4.78 is 8.87. The third-order valence-electron chi connectivity index (χ3n) is 7.93. The lowest BCUT2D eigenvalue weighted by Crippen LogP contribution is -2.42. The van der Waals surface area contributed by atoms with Crippen molar-refractivity contribution >= 4 is 6.09 Å². The largest absolute Gasteiger partial charge is 0.493 e. The van der Waals surface area contributed by atoms with Crippen LogP contribution in [0.5, 0.6) is 5.88 Å². The summed E-state index contributed by atoms with van der Waals surface area (Å²) in [6, 6.07) is 3.06. The van der Waals surface area contributed by atoms with Gasteiger partial charge < -0.3 is 9.84 Å². The molecule has 9 nitrogen and oxygen atoms in total. The number of ether oxygens (including phenoxy) is 1.